The topological polar surface area (TPSA) is 36.9 Å². The monoisotopic (exact) mass is 461 g/mol. The summed E-state index contributed by atoms with van der Waals surface area (Å²) in [5, 5.41) is 0. The second-order valence-electron chi connectivity index (χ2n) is 4.05. The zero-order valence-corrected chi connectivity index (χ0v) is 16.4. The third-order valence-corrected chi connectivity index (χ3v) is 14.4. The Balaban J connectivity index is 0.00000196. The van der Waals surface area contributed by atoms with Crippen molar-refractivity contribution in [1.82, 2.24) is 0 Å². The Kier molecular flexibility index (Phi) is 6.64. The van der Waals surface area contributed by atoms with Gasteiger partial charge in [-0.25, -0.2) is 0 Å². The van der Waals surface area contributed by atoms with Crippen LogP contribution in [0.5, 0.6) is 0 Å². The van der Waals surface area contributed by atoms with E-state index in [1.807, 2.05) is 26.2 Å². The Morgan fingerprint density at radius 1 is 1.20 bits per heavy atom. The fourth-order valence-electron chi connectivity index (χ4n) is 1.32. The van der Waals surface area contributed by atoms with Gasteiger partial charge in [0.2, 0.25) is 0 Å². The van der Waals surface area contributed by atoms with Crippen LogP contribution in [0.1, 0.15) is 0 Å². The van der Waals surface area contributed by atoms with Gasteiger partial charge in [0.1, 0.15) is 0 Å². The first-order chi connectivity index (χ1) is 6.35. The summed E-state index contributed by atoms with van der Waals surface area (Å²) in [6.45, 7) is 11.9. The molecule has 0 N–H and O–H groups in total. The summed E-state index contributed by atoms with van der Waals surface area (Å²) in [5.41, 5.74) is 1.79. The third kappa shape index (κ3) is 5.85. The van der Waals surface area contributed by atoms with E-state index in [9.17, 15) is 0 Å². The van der Waals surface area contributed by atoms with Crippen molar-refractivity contribution >= 4 is 36.4 Å². The molecule has 1 atom stereocenters. The van der Waals surface area contributed by atoms with Gasteiger partial charge < -0.3 is 16.5 Å². The van der Waals surface area contributed by atoms with Crippen LogP contribution in [0.3, 0.4) is 0 Å². The van der Waals surface area contributed by atoms with E-state index >= 15 is 0 Å². The van der Waals surface area contributed by atoms with Crippen LogP contribution >= 0.6 is 0 Å². The van der Waals surface area contributed by atoms with E-state index in [2.05, 4.69) is 6.58 Å². The smallest absolute Gasteiger partial charge is 0.329 e. The Morgan fingerprint density at radius 3 is 2.33 bits per heavy atom. The van der Waals surface area contributed by atoms with E-state index in [-0.39, 0.29) is 21.1 Å². The maximum atomic E-state index is 5.97. The zero-order valence-electron chi connectivity index (χ0n) is 9.52. The second kappa shape index (κ2) is 6.17. The number of rotatable bonds is 1. The van der Waals surface area contributed by atoms with Crippen molar-refractivity contribution in [1.29, 1.82) is 0 Å². The van der Waals surface area contributed by atoms with Crippen LogP contribution in [0.25, 0.3) is 0 Å². The number of hydrogen-bond acceptors (Lipinski definition) is 4. The first-order valence-corrected chi connectivity index (χ1v) is 13.0. The number of hydrogen-bond donors (Lipinski definition) is 0. The van der Waals surface area contributed by atoms with E-state index in [1.54, 1.807) is 5.70 Å². The predicted octanol–water partition coefficient (Wildman–Crippen LogP) is 0.412. The molecule has 0 saturated carbocycles. The minimum Gasteiger partial charge on any atom is -0.420 e. The van der Waals surface area contributed by atoms with Crippen molar-refractivity contribution in [2.45, 2.75) is 26.2 Å². The third-order valence-electron chi connectivity index (χ3n) is 1.72. The molecule has 1 fully saturated rings. The van der Waals surface area contributed by atoms with Gasteiger partial charge in [-0.15, -0.1) is 6.58 Å². The molecule has 1 aliphatic heterocycles. The molecule has 0 radical (unpaired) electrons. The molecule has 0 bridgehead atoms. The van der Waals surface area contributed by atoms with Crippen LogP contribution in [-0.2, 0) is 37.5 Å². The van der Waals surface area contributed by atoms with Gasteiger partial charge in [0, 0.05) is 21.1 Å². The molecule has 1 aliphatic rings. The summed E-state index contributed by atoms with van der Waals surface area (Å²) in [7, 11) is -6.70. The van der Waals surface area contributed by atoms with Crippen LogP contribution in [0, 0.1) is 0 Å². The molecule has 0 amide bonds. The molecule has 1 saturated heterocycles. The predicted molar refractivity (Wildman–Crippen MR) is 65.2 cm³/mol. The quantitative estimate of drug-likeness (QED) is 0.531. The minimum atomic E-state index is -2.07. The van der Waals surface area contributed by atoms with Crippen LogP contribution in [0.4, 0.5) is 0 Å². The molecule has 0 aliphatic carbocycles. The van der Waals surface area contributed by atoms with E-state index in [4.69, 9.17) is 16.5 Å². The van der Waals surface area contributed by atoms with Crippen molar-refractivity contribution in [2.24, 2.45) is 0 Å². The molecule has 9 heteroatoms. The van der Waals surface area contributed by atoms with Crippen molar-refractivity contribution in [3.8, 4) is 0 Å². The van der Waals surface area contributed by atoms with Crippen LogP contribution in [-0.4, -0.2) is 36.4 Å². The molecule has 0 aromatic heterocycles. The van der Waals surface area contributed by atoms with Crippen LogP contribution < -0.4 is 0 Å². The fraction of sp³-hybridized carbons (Fsp3) is 0.667. The average molecular weight is 462 g/mol. The van der Waals surface area contributed by atoms with Crippen molar-refractivity contribution in [3.63, 3.8) is 0 Å². The van der Waals surface area contributed by atoms with Crippen LogP contribution in [0.15, 0.2) is 12.3 Å². The molecule has 1 heterocycles. The van der Waals surface area contributed by atoms with E-state index in [0.29, 0.717) is 0 Å². The van der Waals surface area contributed by atoms with Gasteiger partial charge in [0.25, 0.3) is 10.0 Å². The molecule has 4 nitrogen and oxygen atoms in total. The van der Waals surface area contributed by atoms with Crippen molar-refractivity contribution in [3.05, 3.63) is 12.3 Å². The van der Waals surface area contributed by atoms with Gasteiger partial charge >= 0.3 is 26.4 Å². The second-order valence-corrected chi connectivity index (χ2v) is 15.3. The van der Waals surface area contributed by atoms with E-state index in [1.165, 1.54) is 0 Å². The molecule has 1 unspecified atom stereocenters. The summed E-state index contributed by atoms with van der Waals surface area (Å²) in [5.74, 6) is 0. The van der Waals surface area contributed by atoms with Gasteiger partial charge in [0.05, 0.1) is 0 Å². The minimum absolute atomic E-state index is 0. The normalized spacial score (nSPS) is 31.1. The van der Waals surface area contributed by atoms with Crippen LogP contribution in [0.2, 0.25) is 26.2 Å². The van der Waals surface area contributed by atoms with Gasteiger partial charge in [-0.3, -0.25) is 0 Å². The van der Waals surface area contributed by atoms with Gasteiger partial charge in [-0.05, 0) is 26.2 Å². The summed E-state index contributed by atoms with van der Waals surface area (Å²) < 4.78 is 23.2. The summed E-state index contributed by atoms with van der Waals surface area (Å²) in [4.78, 5) is 0. The fourth-order valence-corrected chi connectivity index (χ4v) is 14.1. The first kappa shape index (κ1) is 16.1. The Morgan fingerprint density at radius 2 is 1.80 bits per heavy atom. The summed E-state index contributed by atoms with van der Waals surface area (Å²) in [6, 6.07) is 0. The van der Waals surface area contributed by atoms with Gasteiger partial charge in [-0.1, -0.05) is 5.70 Å². The van der Waals surface area contributed by atoms with Crippen molar-refractivity contribution < 1.29 is 37.5 Å². The molecule has 0 spiro atoms. The summed E-state index contributed by atoms with van der Waals surface area (Å²) >= 11 is 0. The molecule has 1 rings (SSSR count). The molecular weight excluding hydrogens is 443 g/mol. The van der Waals surface area contributed by atoms with E-state index < -0.39 is 36.4 Å². The standard InChI is InChI=1S/C6H18O4Si4.Pt/c1-6-12-7-11-8-13(2,3)10-14(4,5)9-12;/h6,12H,1,11H2,2-5H3;. The van der Waals surface area contributed by atoms with Gasteiger partial charge in [0.15, 0.2) is 0 Å². The maximum Gasteiger partial charge on any atom is 0.329 e. The SMILES string of the molecule is C=C[SiH]1O[SiH2]O[Si](C)(C)O[Si](C)(C)O1.[Pt]. The molecule has 0 aromatic rings. The molecule has 92 valence electrons. The summed E-state index contributed by atoms with van der Waals surface area (Å²) in [6.07, 6.45) is 0. The van der Waals surface area contributed by atoms with Crippen molar-refractivity contribution in [2.75, 3.05) is 0 Å². The molecular formula is C6H18O4PtSi4. The molecule has 15 heavy (non-hydrogen) atoms. The average Bonchev–Trinajstić information content (AvgIpc) is 1.97. The van der Waals surface area contributed by atoms with E-state index in [0.717, 1.165) is 0 Å². The van der Waals surface area contributed by atoms with Gasteiger partial charge in [-0.2, -0.15) is 0 Å². The Labute approximate surface area is 112 Å². The zero-order chi connectivity index (χ0) is 10.8. The largest absolute Gasteiger partial charge is 0.420 e. The Bertz CT molecular complexity index is 225. The Hall–Kier alpha value is 1.14. The maximum absolute atomic E-state index is 5.97. The molecule has 0 aromatic carbocycles. The first-order valence-electron chi connectivity index (χ1n) is 4.61.